The van der Waals surface area contributed by atoms with E-state index in [-0.39, 0.29) is 5.56 Å². The van der Waals surface area contributed by atoms with Gasteiger partial charge in [0.05, 0.1) is 11.6 Å². The van der Waals surface area contributed by atoms with Crippen LogP contribution in [0.3, 0.4) is 0 Å². The molecule has 0 aliphatic heterocycles. The SMILES string of the molecule is CCSCC[C@@H](N)C(O)C(=O)NNC(=O)c1ccc(C#N)cc1. The van der Waals surface area contributed by atoms with E-state index in [4.69, 9.17) is 11.0 Å². The Morgan fingerprint density at radius 2 is 2.00 bits per heavy atom. The third-order valence-corrected chi connectivity index (χ3v) is 3.98. The molecular formula is C15H20N4O3S. The summed E-state index contributed by atoms with van der Waals surface area (Å²) in [4.78, 5) is 23.6. The summed E-state index contributed by atoms with van der Waals surface area (Å²) in [5.41, 5.74) is 10.8. The van der Waals surface area contributed by atoms with Crippen LogP contribution >= 0.6 is 11.8 Å². The number of hydrazine groups is 1. The first-order valence-electron chi connectivity index (χ1n) is 7.11. The maximum absolute atomic E-state index is 11.8. The monoisotopic (exact) mass is 336 g/mol. The van der Waals surface area contributed by atoms with Crippen molar-refractivity contribution in [2.24, 2.45) is 5.73 Å². The van der Waals surface area contributed by atoms with Crippen LogP contribution in [0.2, 0.25) is 0 Å². The van der Waals surface area contributed by atoms with Crippen LogP contribution in [0.15, 0.2) is 24.3 Å². The zero-order chi connectivity index (χ0) is 17.2. The first kappa shape index (κ1) is 19.0. The number of benzene rings is 1. The summed E-state index contributed by atoms with van der Waals surface area (Å²) < 4.78 is 0. The fourth-order valence-corrected chi connectivity index (χ4v) is 2.40. The highest BCUT2D eigenvalue weighted by Crippen LogP contribution is 2.06. The van der Waals surface area contributed by atoms with Crippen LogP contribution < -0.4 is 16.6 Å². The number of carbonyl (C=O) groups excluding carboxylic acids is 2. The Hall–Kier alpha value is -2.08. The van der Waals surface area contributed by atoms with Gasteiger partial charge in [-0.05, 0) is 42.2 Å². The van der Waals surface area contributed by atoms with E-state index in [0.29, 0.717) is 12.0 Å². The van der Waals surface area contributed by atoms with Gasteiger partial charge in [-0.25, -0.2) is 0 Å². The molecule has 124 valence electrons. The molecule has 1 aromatic carbocycles. The molecule has 0 aromatic heterocycles. The number of nitrogens with two attached hydrogens (primary N) is 1. The van der Waals surface area contributed by atoms with E-state index in [9.17, 15) is 14.7 Å². The first-order chi connectivity index (χ1) is 11.0. The van der Waals surface area contributed by atoms with Crippen molar-refractivity contribution < 1.29 is 14.7 Å². The van der Waals surface area contributed by atoms with Crippen LogP contribution in [-0.2, 0) is 4.79 Å². The van der Waals surface area contributed by atoms with Crippen LogP contribution in [0.25, 0.3) is 0 Å². The molecule has 0 saturated heterocycles. The number of nitrogens with one attached hydrogen (secondary N) is 2. The molecule has 1 rings (SSSR count). The standard InChI is InChI=1S/C15H20N4O3S/c1-2-23-8-7-12(17)13(20)15(22)19-18-14(21)11-5-3-10(9-16)4-6-11/h3-6,12-13,20H,2,7-8,17H2,1H3,(H,18,21)(H,19,22)/t12-,13?/m1/s1. The van der Waals surface area contributed by atoms with Crippen molar-refractivity contribution in [3.8, 4) is 6.07 Å². The minimum absolute atomic E-state index is 0.280. The number of aliphatic hydroxyl groups excluding tert-OH is 1. The van der Waals surface area contributed by atoms with Gasteiger partial charge in [0.25, 0.3) is 11.8 Å². The average Bonchev–Trinajstić information content (AvgIpc) is 2.58. The van der Waals surface area contributed by atoms with Gasteiger partial charge >= 0.3 is 0 Å². The second-order valence-electron chi connectivity index (χ2n) is 4.73. The van der Waals surface area contributed by atoms with Gasteiger partial charge in [-0.2, -0.15) is 17.0 Å². The quantitative estimate of drug-likeness (QED) is 0.414. The maximum atomic E-state index is 11.8. The summed E-state index contributed by atoms with van der Waals surface area (Å²) in [5.74, 6) is 0.376. The van der Waals surface area contributed by atoms with Crippen LogP contribution in [0.4, 0.5) is 0 Å². The van der Waals surface area contributed by atoms with Crippen molar-refractivity contribution >= 4 is 23.6 Å². The van der Waals surface area contributed by atoms with E-state index in [1.165, 1.54) is 24.3 Å². The smallest absolute Gasteiger partial charge is 0.269 e. The van der Waals surface area contributed by atoms with Crippen LogP contribution in [0.1, 0.15) is 29.3 Å². The molecule has 0 bridgehead atoms. The van der Waals surface area contributed by atoms with Crippen LogP contribution in [0.5, 0.6) is 0 Å². The number of nitriles is 1. The Kier molecular flexibility index (Phi) is 8.11. The largest absolute Gasteiger partial charge is 0.382 e. The molecule has 1 aromatic rings. The van der Waals surface area contributed by atoms with Gasteiger partial charge in [-0.3, -0.25) is 20.4 Å². The molecule has 0 heterocycles. The Balaban J connectivity index is 2.44. The highest BCUT2D eigenvalue weighted by Gasteiger charge is 2.23. The second kappa shape index (κ2) is 9.84. The molecule has 8 heteroatoms. The minimum atomic E-state index is -1.39. The van der Waals surface area contributed by atoms with Crippen LogP contribution in [0, 0.1) is 11.3 Å². The number of amides is 2. The van der Waals surface area contributed by atoms with Gasteiger partial charge in [0.2, 0.25) is 0 Å². The van der Waals surface area contributed by atoms with Crippen molar-refractivity contribution in [2.45, 2.75) is 25.5 Å². The lowest BCUT2D eigenvalue weighted by molar-refractivity contribution is -0.131. The summed E-state index contributed by atoms with van der Waals surface area (Å²) in [6, 6.07) is 7.16. The number of nitrogens with zero attached hydrogens (tertiary/aromatic N) is 1. The number of carbonyl (C=O) groups is 2. The van der Waals surface area contributed by atoms with Crippen molar-refractivity contribution in [2.75, 3.05) is 11.5 Å². The molecule has 0 radical (unpaired) electrons. The Bertz CT molecular complexity index is 571. The van der Waals surface area contributed by atoms with Crippen molar-refractivity contribution in [3.05, 3.63) is 35.4 Å². The number of rotatable bonds is 7. The molecule has 0 fully saturated rings. The molecule has 7 nitrogen and oxygen atoms in total. The third kappa shape index (κ3) is 6.28. The van der Waals surface area contributed by atoms with Gasteiger partial charge in [-0.15, -0.1) is 0 Å². The van der Waals surface area contributed by atoms with Crippen LogP contribution in [-0.4, -0.2) is 40.6 Å². The Labute approximate surface area is 139 Å². The molecule has 1 unspecified atom stereocenters. The Morgan fingerprint density at radius 1 is 1.35 bits per heavy atom. The average molecular weight is 336 g/mol. The summed E-state index contributed by atoms with van der Waals surface area (Å²) in [6.45, 7) is 2.01. The lowest BCUT2D eigenvalue weighted by Crippen LogP contribution is -2.52. The summed E-state index contributed by atoms with van der Waals surface area (Å²) in [6.07, 6.45) is -0.898. The molecular weight excluding hydrogens is 316 g/mol. The van der Waals surface area contributed by atoms with Gasteiger partial charge in [0.15, 0.2) is 0 Å². The number of hydrogen-bond donors (Lipinski definition) is 4. The predicted octanol–water partition coefficient (Wildman–Crippen LogP) is 0.151. The van der Waals surface area contributed by atoms with Crippen molar-refractivity contribution in [3.63, 3.8) is 0 Å². The molecule has 0 spiro atoms. The van der Waals surface area contributed by atoms with Crippen molar-refractivity contribution in [1.82, 2.24) is 10.9 Å². The van der Waals surface area contributed by atoms with Gasteiger partial charge in [-0.1, -0.05) is 6.92 Å². The van der Waals surface area contributed by atoms with E-state index in [0.717, 1.165) is 11.5 Å². The topological polar surface area (TPSA) is 128 Å². The minimum Gasteiger partial charge on any atom is -0.382 e. The van der Waals surface area contributed by atoms with Gasteiger partial charge in [0.1, 0.15) is 6.10 Å². The number of aliphatic hydroxyl groups is 1. The summed E-state index contributed by atoms with van der Waals surface area (Å²) in [7, 11) is 0. The lowest BCUT2D eigenvalue weighted by Gasteiger charge is -2.18. The third-order valence-electron chi connectivity index (χ3n) is 3.05. The number of hydrogen-bond acceptors (Lipinski definition) is 6. The molecule has 2 amide bonds. The van der Waals surface area contributed by atoms with E-state index < -0.39 is 24.0 Å². The highest BCUT2D eigenvalue weighted by atomic mass is 32.2. The summed E-state index contributed by atoms with van der Waals surface area (Å²) in [5, 5.41) is 18.5. The van der Waals surface area contributed by atoms with E-state index in [1.807, 2.05) is 13.0 Å². The number of thioether (sulfide) groups is 1. The maximum Gasteiger partial charge on any atom is 0.269 e. The summed E-state index contributed by atoms with van der Waals surface area (Å²) >= 11 is 1.67. The first-order valence-corrected chi connectivity index (χ1v) is 8.26. The molecule has 2 atom stereocenters. The highest BCUT2D eigenvalue weighted by molar-refractivity contribution is 7.99. The zero-order valence-corrected chi connectivity index (χ0v) is 13.6. The second-order valence-corrected chi connectivity index (χ2v) is 6.12. The fourth-order valence-electron chi connectivity index (χ4n) is 1.68. The van der Waals surface area contributed by atoms with E-state index in [2.05, 4.69) is 10.9 Å². The van der Waals surface area contributed by atoms with Crippen molar-refractivity contribution in [1.29, 1.82) is 5.26 Å². The molecule has 5 N–H and O–H groups in total. The van der Waals surface area contributed by atoms with Gasteiger partial charge < -0.3 is 10.8 Å². The molecule has 0 aliphatic rings. The van der Waals surface area contributed by atoms with Gasteiger partial charge in [0, 0.05) is 11.6 Å². The molecule has 0 aliphatic carbocycles. The molecule has 23 heavy (non-hydrogen) atoms. The van der Waals surface area contributed by atoms with E-state index >= 15 is 0 Å². The Morgan fingerprint density at radius 3 is 2.57 bits per heavy atom. The fraction of sp³-hybridized carbons (Fsp3) is 0.400. The predicted molar refractivity (Wildman–Crippen MR) is 88.4 cm³/mol. The normalized spacial score (nSPS) is 12.8. The van der Waals surface area contributed by atoms with E-state index in [1.54, 1.807) is 11.8 Å². The lowest BCUT2D eigenvalue weighted by atomic mass is 10.1. The zero-order valence-electron chi connectivity index (χ0n) is 12.8. The molecule has 0 saturated carbocycles.